The maximum atomic E-state index is 14.4. The van der Waals surface area contributed by atoms with Crippen molar-refractivity contribution in [3.63, 3.8) is 0 Å². The van der Waals surface area contributed by atoms with E-state index in [1.807, 2.05) is 87.4 Å². The van der Waals surface area contributed by atoms with E-state index < -0.39 is 161 Å². The molecule has 1 radical (unpaired) electrons. The number of nitrogens with zero attached hydrogens (tertiary/aromatic N) is 6. The number of carbonyl (C=O) groups excluding carboxylic acids is 7. The summed E-state index contributed by atoms with van der Waals surface area (Å²) < 4.78 is 32.3. The summed E-state index contributed by atoms with van der Waals surface area (Å²) in [6.07, 6.45) is -3.96. The van der Waals surface area contributed by atoms with E-state index in [2.05, 4.69) is 10.3 Å². The normalized spacial score (nSPS) is 36.3. The average Bonchev–Trinajstić information content (AvgIpc) is 1.53. The molecule has 18 atom stereocenters. The van der Waals surface area contributed by atoms with Crippen molar-refractivity contribution in [1.82, 2.24) is 14.9 Å². The van der Waals surface area contributed by atoms with Crippen LogP contribution in [0.2, 0.25) is 0 Å². The van der Waals surface area contributed by atoms with Crippen LogP contribution in [0.4, 0.5) is 0 Å². The maximum absolute atomic E-state index is 14.4. The Kier molecular flexibility index (Phi) is 21.7. The molecule has 1 aromatic heterocycles. The molecule has 27 nitrogen and oxygen atoms in total. The number of phosphoric acid groups is 1. The first kappa shape index (κ1) is 72.5. The molecule has 507 valence electrons. The minimum Gasteiger partial charge on any atom is -0.685 e. The van der Waals surface area contributed by atoms with Crippen molar-refractivity contribution in [3.05, 3.63) is 85.2 Å². The van der Waals surface area contributed by atoms with Gasteiger partial charge in [-0.25, -0.2) is 9.55 Å². The van der Waals surface area contributed by atoms with Crippen molar-refractivity contribution < 1.29 is 83.8 Å². The molecular weight excluding hydrogens is 1240 g/mol. The van der Waals surface area contributed by atoms with Crippen molar-refractivity contribution in [2.24, 2.45) is 79.7 Å². The van der Waals surface area contributed by atoms with Crippen molar-refractivity contribution in [1.29, 1.82) is 0 Å². The van der Waals surface area contributed by atoms with Gasteiger partial charge in [0.1, 0.15) is 18.3 Å². The number of phosphoric ester groups is 1. The number of rotatable bonds is 26. The van der Waals surface area contributed by atoms with Crippen molar-refractivity contribution in [2.75, 3.05) is 13.2 Å². The molecule has 7 amide bonds. The number of amides is 7. The molecule has 7 heterocycles. The van der Waals surface area contributed by atoms with Crippen LogP contribution in [-0.4, -0.2) is 133 Å². The minimum atomic E-state index is -5.06. The molecule has 6 aliphatic rings. The first-order valence-corrected chi connectivity index (χ1v) is 32.4. The zero-order valence-electron chi connectivity index (χ0n) is 53.8. The summed E-state index contributed by atoms with van der Waals surface area (Å²) in [5.74, 6) is -6.86. The number of aryl methyl sites for hydroxylation is 2. The Morgan fingerprint density at radius 1 is 0.747 bits per heavy atom. The number of imidazole rings is 1. The Morgan fingerprint density at radius 3 is 1.90 bits per heavy atom. The zero-order valence-corrected chi connectivity index (χ0v) is 55.7. The second-order valence-corrected chi connectivity index (χ2v) is 28.9. The van der Waals surface area contributed by atoms with E-state index in [1.54, 1.807) is 4.57 Å². The van der Waals surface area contributed by atoms with Crippen molar-refractivity contribution in [2.45, 2.75) is 207 Å². The van der Waals surface area contributed by atoms with Crippen LogP contribution in [0.15, 0.2) is 52.8 Å². The summed E-state index contributed by atoms with van der Waals surface area (Å²) >= 11 is 0. The van der Waals surface area contributed by atoms with Gasteiger partial charge in [0.2, 0.25) is 41.4 Å². The minimum absolute atomic E-state index is 0. The van der Waals surface area contributed by atoms with E-state index >= 15 is 0 Å². The fraction of sp³-hybridized carbons (Fsp3) is 0.677. The molecule has 0 spiro atoms. The van der Waals surface area contributed by atoms with Gasteiger partial charge in [-0.15, -0.1) is 34.8 Å². The van der Waals surface area contributed by atoms with Crippen LogP contribution in [0.25, 0.3) is 32.3 Å². The number of ether oxygens (including phenoxy) is 1. The Labute approximate surface area is 541 Å². The molecule has 5 saturated heterocycles. The average molecular weight is 1330 g/mol. The number of benzene rings is 1. The summed E-state index contributed by atoms with van der Waals surface area (Å²) in [4.78, 5) is 109. The predicted octanol–water partition coefficient (Wildman–Crippen LogP) is 4.85. The van der Waals surface area contributed by atoms with Gasteiger partial charge in [-0.3, -0.25) is 42.6 Å². The Bertz CT molecular complexity index is 3340. The molecule has 2 aromatic rings. The molecular formula is C62H92CoN13O14P-4. The molecule has 6 aliphatic heterocycles. The summed E-state index contributed by atoms with van der Waals surface area (Å²) in [6.45, 7) is 19.5. The number of allylic oxidation sites excluding steroid dienone is 3. The smallest absolute Gasteiger partial charge is 0.472 e. The van der Waals surface area contributed by atoms with Crippen molar-refractivity contribution >= 4 is 60.2 Å². The number of aliphatic hydroxyl groups excluding tert-OH is 2. The summed E-state index contributed by atoms with van der Waals surface area (Å²) in [5, 5.41) is 46.9. The molecule has 8 rings (SSSR count). The number of aromatic nitrogens is 2. The molecule has 91 heavy (non-hydrogen) atoms. The quantitative estimate of drug-likeness (QED) is 0.0563. The predicted molar refractivity (Wildman–Crippen MR) is 333 cm³/mol. The number of aliphatic hydroxyl groups is 2. The molecule has 5 fully saturated rings. The fourth-order valence-corrected chi connectivity index (χ4v) is 17.3. The summed E-state index contributed by atoms with van der Waals surface area (Å²) in [5.41, 5.74) is 36.2. The van der Waals surface area contributed by atoms with Gasteiger partial charge in [0.15, 0.2) is 6.23 Å². The Morgan fingerprint density at radius 2 is 1.32 bits per heavy atom. The van der Waals surface area contributed by atoms with Gasteiger partial charge in [-0.05, 0) is 129 Å². The third kappa shape index (κ3) is 14.0. The summed E-state index contributed by atoms with van der Waals surface area (Å²) in [7, 11) is -5.06. The third-order valence-corrected chi connectivity index (χ3v) is 22.3. The van der Waals surface area contributed by atoms with Crippen LogP contribution in [0, 0.1) is 59.2 Å². The fourth-order valence-electron chi connectivity index (χ4n) is 16.1. The molecule has 0 saturated carbocycles. The van der Waals surface area contributed by atoms with Gasteiger partial charge in [-0.1, -0.05) is 53.6 Å². The Hall–Kier alpha value is -5.94. The van der Waals surface area contributed by atoms with Gasteiger partial charge in [-0.2, -0.15) is 17.1 Å². The zero-order chi connectivity index (χ0) is 66.7. The van der Waals surface area contributed by atoms with Crippen molar-refractivity contribution in [3.8, 4) is 0 Å². The second-order valence-electron chi connectivity index (χ2n) is 27.5. The number of primary amides is 6. The van der Waals surface area contributed by atoms with Crippen LogP contribution >= 0.6 is 7.82 Å². The first-order chi connectivity index (χ1) is 41.8. The number of hydrogen-bond acceptors (Lipinski definition) is 14. The number of fused-ring (bicyclic) bond motifs is 10. The topological polar surface area (TPSA) is 467 Å². The first-order valence-electron chi connectivity index (χ1n) is 30.9. The Balaban J connectivity index is 0.0000118. The van der Waals surface area contributed by atoms with E-state index in [0.29, 0.717) is 39.3 Å². The number of carbonyl (C=O) groups is 7. The van der Waals surface area contributed by atoms with Crippen LogP contribution in [0.1, 0.15) is 150 Å². The third-order valence-electron chi connectivity index (χ3n) is 21.2. The largest absolute Gasteiger partial charge is 0.685 e. The van der Waals surface area contributed by atoms with E-state index in [9.17, 15) is 53.2 Å². The SMILES string of the molecule is C/C1=C2/[N-][C@H]([C@H](CC(N)=O)[C@@]2(C)CCC(=O)NC[C@@H](C)OP(=O)(O)O[C@H]2[C@@H](O)[C@@H](n3cnc4cc(C)c(C)cc43)O[C@@H]2CO)[C@]2(C)[N-]C(/C(C)=C3\[N-]C(/C=C4/[N-]C1[C@@H](CCC(N)=O)C4(C)C)[C@@H](CCC(N)=O)[C@]3(C)CC(N)=O)[C@@H](CCC(N)=O)[C@]2(C)CC(N)=O.[Co]. The number of nitrogens with two attached hydrogens (primary N) is 6. The molecule has 0 aliphatic carbocycles. The van der Waals surface area contributed by atoms with E-state index in [-0.39, 0.29) is 94.0 Å². The van der Waals surface area contributed by atoms with E-state index in [1.165, 1.54) is 13.3 Å². The van der Waals surface area contributed by atoms with E-state index in [4.69, 9.17) is 69.5 Å². The van der Waals surface area contributed by atoms with E-state index in [0.717, 1.165) is 11.1 Å². The molecule has 8 bridgehead atoms. The second kappa shape index (κ2) is 27.2. The summed E-state index contributed by atoms with van der Waals surface area (Å²) in [6, 6.07) is 0.417. The van der Waals surface area contributed by atoms with Crippen LogP contribution < -0.4 is 39.7 Å². The molecule has 29 heteroatoms. The van der Waals surface area contributed by atoms with Crippen LogP contribution in [0.3, 0.4) is 0 Å². The number of hydrogen-bond donors (Lipinski definition) is 10. The molecule has 4 unspecified atom stereocenters. The van der Waals surface area contributed by atoms with Gasteiger partial charge in [0, 0.05) is 68.3 Å². The molecule has 1 aromatic carbocycles. The van der Waals surface area contributed by atoms with Crippen LogP contribution in [0.5, 0.6) is 0 Å². The van der Waals surface area contributed by atoms with Gasteiger partial charge in [0.25, 0.3) is 0 Å². The monoisotopic (exact) mass is 1330 g/mol. The maximum Gasteiger partial charge on any atom is 0.472 e. The number of nitrogens with one attached hydrogen (secondary N) is 1. The van der Waals surface area contributed by atoms with Gasteiger partial charge >= 0.3 is 7.82 Å². The molecule has 16 N–H and O–H groups in total. The van der Waals surface area contributed by atoms with Gasteiger partial charge < -0.3 is 85.4 Å². The van der Waals surface area contributed by atoms with Crippen LogP contribution in [-0.2, 0) is 68.7 Å². The van der Waals surface area contributed by atoms with Gasteiger partial charge in [0.05, 0.1) is 30.1 Å². The standard InChI is InChI=1S/C62H92N13O14P.Co/c1-29-20-39-40(21-30(29)2)75(28-70-39)57-52(84)53(41(27-76)87-57)89-90(85,86)88-31(3)26-69-49(83)18-19-59(8)37(22-46(66)80)56-62(11)61(10,25-48(68)82)36(14-17-45(65)79)51(74-62)33(5)55-60(9,24-47(67)81)34(12-15-43(63)77)38(71-55)23-42-58(6,7)35(13-16-44(64)78)50(72-42)32(4)54(59)73-56;/h20-21,23,28,31,34-38,41,50-53,56-57,76,84H,12-19,22,24-27H2,1-11H3,(H2,63,77)(H2,64,78)(H2,65,79)(H2,66,80)(H2,67,81)(H2,68,82)(H,69,83)(H,85,86);/q-4;/b42-23+,54-32-,55-33-;/t31-,34-,35-,36-,37+,38?,41-,50?,51?,52-,53-,56-,57+,59-,60+,61+,62+;/m1./s1.